The minimum absolute atomic E-state index is 0.0251. The minimum atomic E-state index is -3.94. The lowest BCUT2D eigenvalue weighted by Crippen LogP contribution is -2.35. The molecule has 0 aromatic heterocycles. The van der Waals surface area contributed by atoms with Crippen molar-refractivity contribution >= 4 is 16.0 Å². The van der Waals surface area contributed by atoms with Crippen LogP contribution in [-0.4, -0.2) is 45.6 Å². The maximum Gasteiger partial charge on any atom is 0.339 e. The van der Waals surface area contributed by atoms with Gasteiger partial charge in [0.15, 0.2) is 0 Å². The highest BCUT2D eigenvalue weighted by Gasteiger charge is 2.21. The molecule has 0 bridgehead atoms. The number of ether oxygens (including phenoxy) is 2. The van der Waals surface area contributed by atoms with E-state index in [-0.39, 0.29) is 22.7 Å². The molecule has 1 amide bonds. The topological polar surface area (TPSA) is 82.1 Å². The number of hydrogen-bond acceptors (Lipinski definition) is 6. The van der Waals surface area contributed by atoms with Crippen molar-refractivity contribution in [2.24, 2.45) is 0 Å². The molecule has 8 heteroatoms. The molecule has 156 valence electrons. The molecule has 1 aliphatic heterocycles. The molecule has 2 aromatic rings. The Morgan fingerprint density at radius 2 is 1.76 bits per heavy atom. The molecule has 1 saturated heterocycles. The van der Waals surface area contributed by atoms with Gasteiger partial charge in [-0.15, -0.1) is 0 Å². The van der Waals surface area contributed by atoms with Crippen LogP contribution in [0.3, 0.4) is 0 Å². The van der Waals surface area contributed by atoms with Crippen molar-refractivity contribution in [3.8, 4) is 11.5 Å². The van der Waals surface area contributed by atoms with Gasteiger partial charge in [-0.2, -0.15) is 8.42 Å². The number of hydrogen-bond donors (Lipinski definition) is 0. The number of carbonyl (C=O) groups excluding carboxylic acids is 1. The number of nitrogens with zero attached hydrogens (tertiary/aromatic N) is 1. The van der Waals surface area contributed by atoms with E-state index in [9.17, 15) is 13.2 Å². The summed E-state index contributed by atoms with van der Waals surface area (Å²) in [7, 11) is -2.43. The fourth-order valence-corrected chi connectivity index (χ4v) is 4.06. The van der Waals surface area contributed by atoms with Crippen LogP contribution in [-0.2, 0) is 26.2 Å². The van der Waals surface area contributed by atoms with E-state index >= 15 is 0 Å². The number of benzene rings is 2. The van der Waals surface area contributed by atoms with Crippen molar-refractivity contribution in [3.05, 3.63) is 54.1 Å². The minimum Gasteiger partial charge on any atom is -0.497 e. The summed E-state index contributed by atoms with van der Waals surface area (Å²) in [6.07, 6.45) is 2.06. The van der Waals surface area contributed by atoms with Crippen molar-refractivity contribution in [3.63, 3.8) is 0 Å². The van der Waals surface area contributed by atoms with Crippen LogP contribution in [0.2, 0.25) is 0 Å². The largest absolute Gasteiger partial charge is 0.497 e. The Morgan fingerprint density at radius 3 is 2.31 bits per heavy atom. The lowest BCUT2D eigenvalue weighted by atomic mass is 10.1. The molecular formula is C21H25NO6S. The van der Waals surface area contributed by atoms with E-state index in [1.807, 2.05) is 0 Å². The summed E-state index contributed by atoms with van der Waals surface area (Å²) in [5.41, 5.74) is 0.882. The first kappa shape index (κ1) is 21.1. The van der Waals surface area contributed by atoms with E-state index < -0.39 is 10.1 Å². The third-order valence-electron chi connectivity index (χ3n) is 4.74. The van der Waals surface area contributed by atoms with Crippen LogP contribution in [0.4, 0.5) is 0 Å². The zero-order chi connectivity index (χ0) is 20.9. The highest BCUT2D eigenvalue weighted by atomic mass is 32.2. The van der Waals surface area contributed by atoms with E-state index in [4.69, 9.17) is 13.7 Å². The van der Waals surface area contributed by atoms with E-state index in [1.54, 1.807) is 41.3 Å². The molecule has 0 saturated carbocycles. The normalized spacial score (nSPS) is 16.4. The third-order valence-corrected chi connectivity index (χ3v) is 6.01. The number of methoxy groups -OCH3 is 1. The number of carbonyl (C=O) groups is 1. The van der Waals surface area contributed by atoms with Gasteiger partial charge < -0.3 is 18.6 Å². The van der Waals surface area contributed by atoms with Crippen LogP contribution >= 0.6 is 0 Å². The maximum absolute atomic E-state index is 12.4. The molecule has 1 heterocycles. The van der Waals surface area contributed by atoms with E-state index in [0.717, 1.165) is 25.0 Å². The molecule has 2 aromatic carbocycles. The molecule has 7 nitrogen and oxygen atoms in total. The molecule has 0 aliphatic carbocycles. The lowest BCUT2D eigenvalue weighted by Gasteiger charge is -2.24. The van der Waals surface area contributed by atoms with Gasteiger partial charge >= 0.3 is 10.1 Å². The Kier molecular flexibility index (Phi) is 6.76. The summed E-state index contributed by atoms with van der Waals surface area (Å²) in [5, 5.41) is 0. The Bertz CT molecular complexity index is 919. The van der Waals surface area contributed by atoms with Gasteiger partial charge in [0.2, 0.25) is 5.91 Å². The lowest BCUT2D eigenvalue weighted by molar-refractivity contribution is -0.131. The van der Waals surface area contributed by atoms with Crippen LogP contribution in [0.1, 0.15) is 25.3 Å². The van der Waals surface area contributed by atoms with Gasteiger partial charge in [-0.1, -0.05) is 12.1 Å². The molecular weight excluding hydrogens is 394 g/mol. The van der Waals surface area contributed by atoms with E-state index in [2.05, 4.69) is 0 Å². The van der Waals surface area contributed by atoms with Crippen molar-refractivity contribution in [1.29, 1.82) is 0 Å². The van der Waals surface area contributed by atoms with Gasteiger partial charge in [-0.25, -0.2) is 0 Å². The van der Waals surface area contributed by atoms with Crippen LogP contribution in [0, 0.1) is 0 Å². The van der Waals surface area contributed by atoms with Gasteiger partial charge in [0.25, 0.3) is 0 Å². The Labute approximate surface area is 171 Å². The fraction of sp³-hybridized carbons (Fsp3) is 0.381. The Morgan fingerprint density at radius 1 is 1.10 bits per heavy atom. The second-order valence-electron chi connectivity index (χ2n) is 6.89. The van der Waals surface area contributed by atoms with Gasteiger partial charge in [-0.3, -0.25) is 4.79 Å². The first-order valence-electron chi connectivity index (χ1n) is 9.42. The molecule has 1 atom stereocenters. The average molecular weight is 419 g/mol. The summed E-state index contributed by atoms with van der Waals surface area (Å²) in [5.74, 6) is 0.743. The first-order valence-corrected chi connectivity index (χ1v) is 10.8. The predicted octanol–water partition coefficient (Wildman–Crippen LogP) is 2.99. The standard InChI is InChI=1S/C21H25NO6S/c1-16(23)22(15-20-4-3-13-27-20)14-17-5-7-19(8-6-17)28-29(24,25)21-11-9-18(26-2)10-12-21/h5-12,20H,3-4,13-15H2,1-2H3. The predicted molar refractivity (Wildman–Crippen MR) is 107 cm³/mol. The summed E-state index contributed by atoms with van der Waals surface area (Å²) in [4.78, 5) is 13.7. The maximum atomic E-state index is 12.4. The third kappa shape index (κ3) is 5.71. The van der Waals surface area contributed by atoms with E-state index in [1.165, 1.54) is 26.2 Å². The van der Waals surface area contributed by atoms with Crippen molar-refractivity contribution in [2.45, 2.75) is 37.3 Å². The molecule has 0 spiro atoms. The molecule has 29 heavy (non-hydrogen) atoms. The van der Waals surface area contributed by atoms with Gasteiger partial charge in [0.1, 0.15) is 16.4 Å². The summed E-state index contributed by atoms with van der Waals surface area (Å²) < 4.78 is 40.7. The zero-order valence-corrected chi connectivity index (χ0v) is 17.4. The second kappa shape index (κ2) is 9.28. The molecule has 1 aliphatic rings. The zero-order valence-electron chi connectivity index (χ0n) is 16.5. The SMILES string of the molecule is COc1ccc(S(=O)(=O)Oc2ccc(CN(CC3CCCO3)C(C)=O)cc2)cc1. The average Bonchev–Trinajstić information content (AvgIpc) is 3.22. The quantitative estimate of drug-likeness (QED) is 0.612. The van der Waals surface area contributed by atoms with Crippen LogP contribution in [0.5, 0.6) is 11.5 Å². The summed E-state index contributed by atoms with van der Waals surface area (Å²) >= 11 is 0. The van der Waals surface area contributed by atoms with Crippen molar-refractivity contribution in [1.82, 2.24) is 4.90 Å². The summed E-state index contributed by atoms with van der Waals surface area (Å²) in [6.45, 7) is 3.26. The monoisotopic (exact) mass is 419 g/mol. The van der Waals surface area contributed by atoms with Gasteiger partial charge in [0, 0.05) is 26.6 Å². The highest BCUT2D eigenvalue weighted by molar-refractivity contribution is 7.87. The Hall–Kier alpha value is -2.58. The Balaban J connectivity index is 1.64. The van der Waals surface area contributed by atoms with Crippen LogP contribution < -0.4 is 8.92 Å². The molecule has 0 N–H and O–H groups in total. The number of amides is 1. The highest BCUT2D eigenvalue weighted by Crippen LogP contribution is 2.22. The molecule has 1 unspecified atom stereocenters. The molecule has 3 rings (SSSR count). The van der Waals surface area contributed by atoms with Gasteiger partial charge in [0.05, 0.1) is 13.2 Å². The van der Waals surface area contributed by atoms with Gasteiger partial charge in [-0.05, 0) is 54.8 Å². The smallest absolute Gasteiger partial charge is 0.339 e. The van der Waals surface area contributed by atoms with Crippen LogP contribution in [0.15, 0.2) is 53.4 Å². The summed E-state index contributed by atoms with van der Waals surface area (Å²) in [6, 6.07) is 12.7. The molecule has 1 fully saturated rings. The second-order valence-corrected chi connectivity index (χ2v) is 8.44. The van der Waals surface area contributed by atoms with Crippen molar-refractivity contribution < 1.29 is 26.9 Å². The van der Waals surface area contributed by atoms with Crippen molar-refractivity contribution in [2.75, 3.05) is 20.3 Å². The fourth-order valence-electron chi connectivity index (χ4n) is 3.13. The first-order chi connectivity index (χ1) is 13.9. The van der Waals surface area contributed by atoms with Crippen LogP contribution in [0.25, 0.3) is 0 Å². The molecule has 0 radical (unpaired) electrons. The van der Waals surface area contributed by atoms with E-state index in [0.29, 0.717) is 18.8 Å². The number of rotatable bonds is 8.